The summed E-state index contributed by atoms with van der Waals surface area (Å²) in [7, 11) is 0. The van der Waals surface area contributed by atoms with Crippen LogP contribution in [0.3, 0.4) is 0 Å². The van der Waals surface area contributed by atoms with Crippen molar-refractivity contribution in [3.8, 4) is 0 Å². The summed E-state index contributed by atoms with van der Waals surface area (Å²) < 4.78 is 18.9. The molecular formula is C15H21FN2O3. The van der Waals surface area contributed by atoms with Crippen molar-refractivity contribution in [1.29, 1.82) is 0 Å². The van der Waals surface area contributed by atoms with Crippen molar-refractivity contribution >= 4 is 17.6 Å². The van der Waals surface area contributed by atoms with Gasteiger partial charge in [0.25, 0.3) is 5.91 Å². The first-order valence-electron chi connectivity index (χ1n) is 6.60. The van der Waals surface area contributed by atoms with Crippen LogP contribution in [-0.4, -0.2) is 23.5 Å². The van der Waals surface area contributed by atoms with Crippen LogP contribution in [0.2, 0.25) is 0 Å². The third-order valence-electron chi connectivity index (χ3n) is 2.65. The fourth-order valence-electron chi connectivity index (χ4n) is 1.69. The minimum absolute atomic E-state index is 0.244. The average Bonchev–Trinajstić information content (AvgIpc) is 2.31. The largest absolute Gasteiger partial charge is 0.449 e. The normalized spacial score (nSPS) is 12.7. The zero-order valence-electron chi connectivity index (χ0n) is 12.9. The number of rotatable bonds is 3. The zero-order chi connectivity index (χ0) is 16.4. The molecule has 0 spiro atoms. The molecule has 0 aliphatic rings. The molecule has 0 radical (unpaired) electrons. The number of esters is 1. The van der Waals surface area contributed by atoms with E-state index < -0.39 is 29.3 Å². The maximum absolute atomic E-state index is 13.9. The molecule has 1 rings (SSSR count). The average molecular weight is 296 g/mol. The van der Waals surface area contributed by atoms with Crippen molar-refractivity contribution in [2.75, 3.05) is 5.73 Å². The Hall–Kier alpha value is -2.11. The second kappa shape index (κ2) is 6.11. The maximum atomic E-state index is 13.9. The first kappa shape index (κ1) is 16.9. The van der Waals surface area contributed by atoms with Crippen molar-refractivity contribution in [2.24, 2.45) is 0 Å². The maximum Gasteiger partial charge on any atom is 0.341 e. The van der Waals surface area contributed by atoms with E-state index in [1.54, 1.807) is 20.8 Å². The van der Waals surface area contributed by atoms with E-state index in [0.29, 0.717) is 0 Å². The van der Waals surface area contributed by atoms with Crippen LogP contribution < -0.4 is 11.1 Å². The number of amides is 1. The predicted molar refractivity (Wildman–Crippen MR) is 78.3 cm³/mol. The van der Waals surface area contributed by atoms with Gasteiger partial charge in [-0.25, -0.2) is 9.18 Å². The summed E-state index contributed by atoms with van der Waals surface area (Å²) in [5, 5.41) is 2.68. The van der Waals surface area contributed by atoms with Gasteiger partial charge in [-0.2, -0.15) is 0 Å². The molecule has 5 nitrogen and oxygen atoms in total. The second-order valence-corrected chi connectivity index (χ2v) is 5.99. The molecule has 0 heterocycles. The lowest BCUT2D eigenvalue weighted by Crippen LogP contribution is -2.46. The van der Waals surface area contributed by atoms with Gasteiger partial charge >= 0.3 is 5.97 Å². The Balaban J connectivity index is 2.85. The Bertz CT molecular complexity index is 565. The van der Waals surface area contributed by atoms with Crippen LogP contribution in [0.1, 0.15) is 43.6 Å². The van der Waals surface area contributed by atoms with E-state index in [4.69, 9.17) is 10.5 Å². The van der Waals surface area contributed by atoms with Crippen molar-refractivity contribution in [3.05, 3.63) is 29.1 Å². The summed E-state index contributed by atoms with van der Waals surface area (Å²) in [6.45, 7) is 8.34. The minimum Gasteiger partial charge on any atom is -0.449 e. The summed E-state index contributed by atoms with van der Waals surface area (Å²) in [4.78, 5) is 23.8. The highest BCUT2D eigenvalue weighted by atomic mass is 19.1. The van der Waals surface area contributed by atoms with Gasteiger partial charge in [0.05, 0.1) is 5.56 Å². The molecule has 1 aromatic carbocycles. The number of nitrogens with two attached hydrogens (primary N) is 1. The third kappa shape index (κ3) is 4.73. The van der Waals surface area contributed by atoms with Gasteiger partial charge < -0.3 is 15.8 Å². The second-order valence-electron chi connectivity index (χ2n) is 5.99. The van der Waals surface area contributed by atoms with E-state index in [1.165, 1.54) is 26.0 Å². The summed E-state index contributed by atoms with van der Waals surface area (Å²) in [6.07, 6.45) is -1.03. The SMILES string of the molecule is Cc1cc(N)cc(C(=O)OC(C)C(=O)NC(C)(C)C)c1F. The first-order valence-corrected chi connectivity index (χ1v) is 6.60. The Morgan fingerprint density at radius 1 is 1.33 bits per heavy atom. The number of aryl methyl sites for hydroxylation is 1. The number of halogens is 1. The Morgan fingerprint density at radius 3 is 2.43 bits per heavy atom. The van der Waals surface area contributed by atoms with Crippen LogP contribution >= 0.6 is 0 Å². The van der Waals surface area contributed by atoms with Gasteiger partial charge in [0.15, 0.2) is 6.10 Å². The van der Waals surface area contributed by atoms with Crippen LogP contribution in [0.5, 0.6) is 0 Å². The molecule has 0 saturated heterocycles. The van der Waals surface area contributed by atoms with Crippen molar-refractivity contribution in [1.82, 2.24) is 5.32 Å². The summed E-state index contributed by atoms with van der Waals surface area (Å²) in [5.74, 6) is -2.06. The van der Waals surface area contributed by atoms with Crippen molar-refractivity contribution < 1.29 is 18.7 Å². The summed E-state index contributed by atoms with van der Waals surface area (Å²) in [6, 6.07) is 2.61. The smallest absolute Gasteiger partial charge is 0.341 e. The van der Waals surface area contributed by atoms with E-state index in [-0.39, 0.29) is 16.8 Å². The van der Waals surface area contributed by atoms with E-state index in [9.17, 15) is 14.0 Å². The van der Waals surface area contributed by atoms with Gasteiger partial charge in [-0.3, -0.25) is 4.79 Å². The highest BCUT2D eigenvalue weighted by molar-refractivity contribution is 5.93. The Labute approximate surface area is 123 Å². The number of hydrogen-bond acceptors (Lipinski definition) is 4. The topological polar surface area (TPSA) is 81.4 Å². The number of hydrogen-bond donors (Lipinski definition) is 2. The highest BCUT2D eigenvalue weighted by Crippen LogP contribution is 2.18. The number of nitrogen functional groups attached to an aromatic ring is 1. The van der Waals surface area contributed by atoms with Crippen molar-refractivity contribution in [3.63, 3.8) is 0 Å². The van der Waals surface area contributed by atoms with Gasteiger partial charge in [-0.05, 0) is 52.3 Å². The predicted octanol–water partition coefficient (Wildman–Crippen LogP) is 2.18. The minimum atomic E-state index is -1.03. The molecule has 0 bridgehead atoms. The van der Waals surface area contributed by atoms with E-state index >= 15 is 0 Å². The van der Waals surface area contributed by atoms with Crippen LogP contribution in [0.15, 0.2) is 12.1 Å². The van der Waals surface area contributed by atoms with Crippen LogP contribution in [0.25, 0.3) is 0 Å². The molecule has 0 saturated carbocycles. The van der Waals surface area contributed by atoms with Gasteiger partial charge in [0.2, 0.25) is 0 Å². The quantitative estimate of drug-likeness (QED) is 0.661. The van der Waals surface area contributed by atoms with Crippen molar-refractivity contribution in [2.45, 2.75) is 46.3 Å². The molecule has 1 amide bonds. The molecule has 6 heteroatoms. The molecule has 21 heavy (non-hydrogen) atoms. The van der Waals surface area contributed by atoms with E-state index in [2.05, 4.69) is 5.32 Å². The monoisotopic (exact) mass is 296 g/mol. The van der Waals surface area contributed by atoms with Gasteiger partial charge in [-0.1, -0.05) is 0 Å². The molecule has 0 fully saturated rings. The van der Waals surface area contributed by atoms with Gasteiger partial charge in [0, 0.05) is 11.2 Å². The fourth-order valence-corrected chi connectivity index (χ4v) is 1.69. The lowest BCUT2D eigenvalue weighted by atomic mass is 10.1. The van der Waals surface area contributed by atoms with Crippen LogP contribution in [0, 0.1) is 12.7 Å². The summed E-state index contributed by atoms with van der Waals surface area (Å²) >= 11 is 0. The highest BCUT2D eigenvalue weighted by Gasteiger charge is 2.24. The lowest BCUT2D eigenvalue weighted by Gasteiger charge is -2.23. The third-order valence-corrected chi connectivity index (χ3v) is 2.65. The molecule has 0 aromatic heterocycles. The Kier molecular flexibility index (Phi) is 4.93. The molecule has 116 valence electrons. The molecule has 1 aromatic rings. The number of anilines is 1. The molecule has 0 aliphatic carbocycles. The number of nitrogens with one attached hydrogen (secondary N) is 1. The number of ether oxygens (including phenoxy) is 1. The number of benzene rings is 1. The molecule has 1 atom stereocenters. The zero-order valence-corrected chi connectivity index (χ0v) is 12.9. The van der Waals surface area contributed by atoms with E-state index in [0.717, 1.165) is 0 Å². The Morgan fingerprint density at radius 2 is 1.90 bits per heavy atom. The number of carbonyl (C=O) groups excluding carboxylic acids is 2. The van der Waals surface area contributed by atoms with Gasteiger partial charge in [0.1, 0.15) is 5.82 Å². The van der Waals surface area contributed by atoms with Crippen LogP contribution in [-0.2, 0) is 9.53 Å². The molecular weight excluding hydrogens is 275 g/mol. The standard InChI is InChI=1S/C15H21FN2O3/c1-8-6-10(17)7-11(12(8)16)14(20)21-9(2)13(19)18-15(3,4)5/h6-7,9H,17H2,1-5H3,(H,18,19). The number of carbonyl (C=O) groups is 2. The van der Waals surface area contributed by atoms with Gasteiger partial charge in [-0.15, -0.1) is 0 Å². The first-order chi connectivity index (χ1) is 9.51. The molecule has 0 aliphatic heterocycles. The lowest BCUT2D eigenvalue weighted by molar-refractivity contribution is -0.130. The molecule has 3 N–H and O–H groups in total. The van der Waals surface area contributed by atoms with E-state index in [1.807, 2.05) is 0 Å². The molecule has 1 unspecified atom stereocenters. The summed E-state index contributed by atoms with van der Waals surface area (Å²) in [5.41, 5.74) is 5.36. The fraction of sp³-hybridized carbons (Fsp3) is 0.467. The van der Waals surface area contributed by atoms with Crippen LogP contribution in [0.4, 0.5) is 10.1 Å².